The molecule has 4 rings (SSSR count). The number of esters is 1. The van der Waals surface area contributed by atoms with E-state index in [9.17, 15) is 9.90 Å². The second kappa shape index (κ2) is 7.33. The first-order valence-corrected chi connectivity index (χ1v) is 10.1. The van der Waals surface area contributed by atoms with Crippen LogP contribution in [0.15, 0.2) is 77.4 Å². The van der Waals surface area contributed by atoms with Crippen molar-refractivity contribution in [1.82, 2.24) is 0 Å². The van der Waals surface area contributed by atoms with Gasteiger partial charge in [0.15, 0.2) is 0 Å². The highest BCUT2D eigenvalue weighted by atomic mass is 16.6. The van der Waals surface area contributed by atoms with E-state index in [1.165, 1.54) is 0 Å². The van der Waals surface area contributed by atoms with Crippen LogP contribution >= 0.6 is 0 Å². The topological polar surface area (TPSA) is 62.9 Å². The van der Waals surface area contributed by atoms with Gasteiger partial charge in [0, 0.05) is 18.3 Å². The smallest absolute Gasteiger partial charge is 0.315 e. The van der Waals surface area contributed by atoms with Crippen molar-refractivity contribution in [2.24, 2.45) is 5.92 Å². The Bertz CT molecular complexity index is 1020. The largest absolute Gasteiger partial charge is 0.467 e. The predicted octanol–water partition coefficient (Wildman–Crippen LogP) is 4.66. The van der Waals surface area contributed by atoms with Crippen LogP contribution in [-0.2, 0) is 15.1 Å². The third-order valence-electron chi connectivity index (χ3n) is 5.59. The highest BCUT2D eigenvalue weighted by Crippen LogP contribution is 2.53. The maximum atomic E-state index is 13.6. The van der Waals surface area contributed by atoms with E-state index in [1.807, 2.05) is 93.4 Å². The van der Waals surface area contributed by atoms with Gasteiger partial charge in [-0.05, 0) is 44.5 Å². The summed E-state index contributed by atoms with van der Waals surface area (Å²) in [6.45, 7) is 5.48. The molecule has 1 aromatic heterocycles. The molecule has 2 heterocycles. The molecule has 1 aliphatic heterocycles. The van der Waals surface area contributed by atoms with Crippen LogP contribution in [0.3, 0.4) is 0 Å². The fourth-order valence-corrected chi connectivity index (χ4v) is 4.38. The summed E-state index contributed by atoms with van der Waals surface area (Å²) in [6.07, 6.45) is 1.58. The van der Waals surface area contributed by atoms with Crippen LogP contribution in [0.5, 0.6) is 0 Å². The fraction of sp³-hybridized carbons (Fsp3) is 0.320. The molecule has 0 bridgehead atoms. The first-order valence-electron chi connectivity index (χ1n) is 10.1. The van der Waals surface area contributed by atoms with Gasteiger partial charge in [0.05, 0.1) is 6.26 Å². The van der Waals surface area contributed by atoms with Crippen molar-refractivity contribution in [3.8, 4) is 0 Å². The van der Waals surface area contributed by atoms with Gasteiger partial charge in [-0.2, -0.15) is 0 Å². The molecule has 3 atom stereocenters. The molecule has 3 aromatic rings. The van der Waals surface area contributed by atoms with Gasteiger partial charge in [0.25, 0.3) is 0 Å². The predicted molar refractivity (Wildman–Crippen MR) is 115 cm³/mol. The summed E-state index contributed by atoms with van der Waals surface area (Å²) >= 11 is 0. The van der Waals surface area contributed by atoms with Gasteiger partial charge >= 0.3 is 5.97 Å². The third-order valence-corrected chi connectivity index (χ3v) is 5.59. The molecule has 156 valence electrons. The Hall–Kier alpha value is -3.05. The van der Waals surface area contributed by atoms with E-state index >= 15 is 0 Å². The highest BCUT2D eigenvalue weighted by molar-refractivity contribution is 5.81. The monoisotopic (exact) mass is 405 g/mol. The van der Waals surface area contributed by atoms with E-state index in [-0.39, 0.29) is 0 Å². The van der Waals surface area contributed by atoms with Gasteiger partial charge in [-0.3, -0.25) is 4.79 Å². The molecule has 1 aliphatic rings. The first kappa shape index (κ1) is 20.2. The lowest BCUT2D eigenvalue weighted by atomic mass is 9.68. The van der Waals surface area contributed by atoms with Crippen molar-refractivity contribution in [1.29, 1.82) is 0 Å². The van der Waals surface area contributed by atoms with E-state index < -0.39 is 29.1 Å². The number of anilines is 1. The zero-order valence-electron chi connectivity index (χ0n) is 17.7. The number of rotatable bonds is 3. The van der Waals surface area contributed by atoms with Gasteiger partial charge in [-0.1, -0.05) is 48.5 Å². The minimum atomic E-state index is -1.59. The molecule has 0 radical (unpaired) electrons. The third kappa shape index (κ3) is 3.29. The molecule has 0 spiro atoms. The van der Waals surface area contributed by atoms with Crippen LogP contribution in [0, 0.1) is 5.92 Å². The van der Waals surface area contributed by atoms with Crippen LogP contribution < -0.4 is 4.90 Å². The lowest BCUT2D eigenvalue weighted by Crippen LogP contribution is -2.54. The van der Waals surface area contributed by atoms with Gasteiger partial charge in [0.1, 0.15) is 28.9 Å². The lowest BCUT2D eigenvalue weighted by molar-refractivity contribution is -0.171. The molecule has 5 nitrogen and oxygen atoms in total. The van der Waals surface area contributed by atoms with Gasteiger partial charge in [-0.25, -0.2) is 0 Å². The number of ether oxygens (including phenoxy) is 1. The Labute approximate surface area is 176 Å². The number of nitrogens with zero attached hydrogens (tertiary/aromatic N) is 1. The van der Waals surface area contributed by atoms with Crippen LogP contribution in [0.2, 0.25) is 0 Å². The van der Waals surface area contributed by atoms with Crippen molar-refractivity contribution < 1.29 is 19.1 Å². The average molecular weight is 405 g/mol. The standard InChI is InChI=1S/C25H27NO4/c1-24(2,3)30-23(27)21-22(20-15-10-16-29-20)26(4)19-14-9-8-13-18(19)25(21,28)17-11-6-5-7-12-17/h5-16,21-22,28H,1-4H3/t21-,22+,25-/m1/s1. The highest BCUT2D eigenvalue weighted by Gasteiger charge is 2.57. The molecule has 1 N–H and O–H groups in total. The van der Waals surface area contributed by atoms with E-state index in [2.05, 4.69) is 0 Å². The molecular weight excluding hydrogens is 378 g/mol. The number of hydrogen-bond donors (Lipinski definition) is 1. The number of aliphatic hydroxyl groups is 1. The van der Waals surface area contributed by atoms with E-state index in [0.29, 0.717) is 16.9 Å². The maximum absolute atomic E-state index is 13.6. The van der Waals surface area contributed by atoms with Crippen molar-refractivity contribution in [3.63, 3.8) is 0 Å². The SMILES string of the molecule is CN1c2ccccc2[C@](O)(c2ccccc2)[C@@H](C(=O)OC(C)(C)C)[C@@H]1c1ccco1. The Morgan fingerprint density at radius 2 is 1.70 bits per heavy atom. The first-order chi connectivity index (χ1) is 14.2. The van der Waals surface area contributed by atoms with Crippen molar-refractivity contribution in [2.75, 3.05) is 11.9 Å². The summed E-state index contributed by atoms with van der Waals surface area (Å²) in [5.41, 5.74) is -0.150. The lowest BCUT2D eigenvalue weighted by Gasteiger charge is -2.49. The zero-order chi connectivity index (χ0) is 21.5. The number of carbonyl (C=O) groups excluding carboxylic acids is 1. The Kier molecular flexibility index (Phi) is 4.94. The van der Waals surface area contributed by atoms with Crippen LogP contribution in [0.4, 0.5) is 5.69 Å². The Morgan fingerprint density at radius 3 is 2.33 bits per heavy atom. The molecule has 0 saturated heterocycles. The van der Waals surface area contributed by atoms with E-state index in [4.69, 9.17) is 9.15 Å². The van der Waals surface area contributed by atoms with E-state index in [1.54, 1.807) is 12.3 Å². The summed E-state index contributed by atoms with van der Waals surface area (Å²) in [7, 11) is 1.91. The second-order valence-electron chi connectivity index (χ2n) is 8.73. The summed E-state index contributed by atoms with van der Waals surface area (Å²) in [4.78, 5) is 15.6. The van der Waals surface area contributed by atoms with Crippen LogP contribution in [-0.4, -0.2) is 23.7 Å². The average Bonchev–Trinajstić information content (AvgIpc) is 3.24. The molecule has 0 unspecified atom stereocenters. The molecule has 0 fully saturated rings. The minimum Gasteiger partial charge on any atom is -0.467 e. The molecule has 30 heavy (non-hydrogen) atoms. The summed E-state index contributed by atoms with van der Waals surface area (Å²) in [5, 5.41) is 12.3. The number of hydrogen-bond acceptors (Lipinski definition) is 5. The van der Waals surface area contributed by atoms with Crippen molar-refractivity contribution in [3.05, 3.63) is 89.9 Å². The van der Waals surface area contributed by atoms with Gasteiger partial charge in [0.2, 0.25) is 0 Å². The van der Waals surface area contributed by atoms with Crippen molar-refractivity contribution in [2.45, 2.75) is 38.0 Å². The molecule has 0 amide bonds. The minimum absolute atomic E-state index is 0.475. The Balaban J connectivity index is 2.00. The maximum Gasteiger partial charge on any atom is 0.315 e. The molecule has 0 saturated carbocycles. The number of para-hydroxylation sites is 1. The fourth-order valence-electron chi connectivity index (χ4n) is 4.38. The Morgan fingerprint density at radius 1 is 1.03 bits per heavy atom. The normalized spacial score (nSPS) is 23.7. The summed E-state index contributed by atoms with van der Waals surface area (Å²) in [5.74, 6) is -0.820. The van der Waals surface area contributed by atoms with Crippen molar-refractivity contribution >= 4 is 11.7 Å². The summed E-state index contributed by atoms with van der Waals surface area (Å²) < 4.78 is 11.6. The summed E-state index contributed by atoms with van der Waals surface area (Å²) in [6, 6.07) is 20.0. The zero-order valence-corrected chi connectivity index (χ0v) is 17.7. The quantitative estimate of drug-likeness (QED) is 0.642. The van der Waals surface area contributed by atoms with Crippen LogP contribution in [0.1, 0.15) is 43.7 Å². The molecule has 2 aromatic carbocycles. The van der Waals surface area contributed by atoms with Crippen LogP contribution in [0.25, 0.3) is 0 Å². The molecule has 5 heteroatoms. The van der Waals surface area contributed by atoms with E-state index in [0.717, 1.165) is 5.69 Å². The van der Waals surface area contributed by atoms with Gasteiger partial charge in [-0.15, -0.1) is 0 Å². The molecular formula is C25H27NO4. The van der Waals surface area contributed by atoms with Gasteiger partial charge < -0.3 is 19.2 Å². The number of fused-ring (bicyclic) bond motifs is 1. The second-order valence-corrected chi connectivity index (χ2v) is 8.73. The number of benzene rings is 2. The number of furan rings is 1. The number of carbonyl (C=O) groups is 1. The molecule has 0 aliphatic carbocycles.